The van der Waals surface area contributed by atoms with E-state index in [2.05, 4.69) is 10.6 Å². The molecule has 0 saturated carbocycles. The number of ether oxygens (including phenoxy) is 2. The Morgan fingerprint density at radius 3 is 2.55 bits per heavy atom. The van der Waals surface area contributed by atoms with E-state index in [1.165, 1.54) is 0 Å². The molecule has 33 heavy (non-hydrogen) atoms. The number of urea groups is 1. The first-order valence-corrected chi connectivity index (χ1v) is 10.4. The van der Waals surface area contributed by atoms with Gasteiger partial charge in [-0.2, -0.15) is 0 Å². The Labute approximate surface area is 190 Å². The fraction of sp³-hybridized carbons (Fsp3) is 0.160. The van der Waals surface area contributed by atoms with Crippen LogP contribution in [0.3, 0.4) is 0 Å². The van der Waals surface area contributed by atoms with Crippen LogP contribution in [0.25, 0.3) is 11.1 Å². The van der Waals surface area contributed by atoms with Crippen molar-refractivity contribution < 1.29 is 23.9 Å². The molecule has 0 aromatic heterocycles. The lowest BCUT2D eigenvalue weighted by Gasteiger charge is -2.22. The van der Waals surface area contributed by atoms with Gasteiger partial charge in [-0.3, -0.25) is 14.5 Å². The second-order valence-electron chi connectivity index (χ2n) is 7.97. The molecule has 8 nitrogen and oxygen atoms in total. The van der Waals surface area contributed by atoms with E-state index in [0.29, 0.717) is 22.7 Å². The molecule has 0 spiro atoms. The van der Waals surface area contributed by atoms with Crippen molar-refractivity contribution in [3.8, 4) is 22.6 Å². The number of fused-ring (bicyclic) bond motifs is 1. The van der Waals surface area contributed by atoms with Crippen LogP contribution in [0, 0.1) is 0 Å². The van der Waals surface area contributed by atoms with E-state index in [1.54, 1.807) is 31.2 Å². The highest BCUT2D eigenvalue weighted by atomic mass is 16.7. The SMILES string of the molecule is CC1(c2ccc3c(c2)OCO3)NC(=O)N(CC(=O)Nc2ccccc2-c2ccccc2)C1=O. The molecule has 8 heteroatoms. The van der Waals surface area contributed by atoms with Gasteiger partial charge < -0.3 is 20.1 Å². The van der Waals surface area contributed by atoms with Gasteiger partial charge in [0.1, 0.15) is 12.1 Å². The smallest absolute Gasteiger partial charge is 0.325 e. The Morgan fingerprint density at radius 1 is 1.00 bits per heavy atom. The molecule has 1 fully saturated rings. The van der Waals surface area contributed by atoms with Crippen molar-refractivity contribution in [2.24, 2.45) is 0 Å². The predicted octanol–water partition coefficient (Wildman–Crippen LogP) is 3.49. The number of nitrogens with one attached hydrogen (secondary N) is 2. The van der Waals surface area contributed by atoms with Crippen LogP contribution in [-0.4, -0.2) is 36.1 Å². The molecule has 0 bridgehead atoms. The Balaban J connectivity index is 1.34. The number of benzene rings is 3. The van der Waals surface area contributed by atoms with Crippen LogP contribution in [0.5, 0.6) is 11.5 Å². The van der Waals surface area contributed by atoms with Gasteiger partial charge in [0.2, 0.25) is 12.7 Å². The highest BCUT2D eigenvalue weighted by Gasteiger charge is 2.49. The molecule has 0 radical (unpaired) electrons. The Bertz CT molecular complexity index is 1260. The van der Waals surface area contributed by atoms with Crippen molar-refractivity contribution in [3.63, 3.8) is 0 Å². The predicted molar refractivity (Wildman–Crippen MR) is 121 cm³/mol. The van der Waals surface area contributed by atoms with Gasteiger partial charge in [0.25, 0.3) is 5.91 Å². The molecule has 5 rings (SSSR count). The number of amides is 4. The molecule has 4 amide bonds. The van der Waals surface area contributed by atoms with Gasteiger partial charge in [-0.05, 0) is 36.2 Å². The van der Waals surface area contributed by atoms with Crippen LogP contribution < -0.4 is 20.1 Å². The van der Waals surface area contributed by atoms with Gasteiger partial charge in [-0.1, -0.05) is 54.6 Å². The third-order valence-corrected chi connectivity index (χ3v) is 5.81. The molecule has 2 N–H and O–H groups in total. The molecule has 3 aromatic rings. The van der Waals surface area contributed by atoms with E-state index >= 15 is 0 Å². The summed E-state index contributed by atoms with van der Waals surface area (Å²) < 4.78 is 10.7. The Kier molecular flexibility index (Phi) is 4.97. The number of imide groups is 1. The third kappa shape index (κ3) is 3.65. The quantitative estimate of drug-likeness (QED) is 0.589. The number of hydrogen-bond donors (Lipinski definition) is 2. The van der Waals surface area contributed by atoms with Crippen LogP contribution in [0.4, 0.5) is 10.5 Å². The first kappa shape index (κ1) is 20.6. The van der Waals surface area contributed by atoms with Crippen LogP contribution >= 0.6 is 0 Å². The summed E-state index contributed by atoms with van der Waals surface area (Å²) in [5.74, 6) is 0.0894. The van der Waals surface area contributed by atoms with Gasteiger partial charge in [0.15, 0.2) is 11.5 Å². The second kappa shape index (κ2) is 7.98. The number of rotatable bonds is 5. The Morgan fingerprint density at radius 2 is 1.73 bits per heavy atom. The molecular weight excluding hydrogens is 422 g/mol. The molecular formula is C25H21N3O5. The van der Waals surface area contributed by atoms with Crippen molar-refractivity contribution in [1.29, 1.82) is 0 Å². The highest BCUT2D eigenvalue weighted by Crippen LogP contribution is 2.38. The minimum atomic E-state index is -1.32. The summed E-state index contributed by atoms with van der Waals surface area (Å²) in [6, 6.07) is 21.4. The number of hydrogen-bond acceptors (Lipinski definition) is 5. The molecule has 1 atom stereocenters. The lowest BCUT2D eigenvalue weighted by molar-refractivity contribution is -0.133. The van der Waals surface area contributed by atoms with Crippen LogP contribution in [-0.2, 0) is 15.1 Å². The lowest BCUT2D eigenvalue weighted by atomic mass is 9.91. The maximum atomic E-state index is 13.2. The van der Waals surface area contributed by atoms with Crippen LogP contribution in [0.2, 0.25) is 0 Å². The highest BCUT2D eigenvalue weighted by molar-refractivity contribution is 6.10. The number of anilines is 1. The van der Waals surface area contributed by atoms with E-state index in [9.17, 15) is 14.4 Å². The normalized spacial score (nSPS) is 18.9. The Hall–Kier alpha value is -4.33. The molecule has 1 saturated heterocycles. The summed E-state index contributed by atoms with van der Waals surface area (Å²) >= 11 is 0. The van der Waals surface area contributed by atoms with Gasteiger partial charge in [-0.25, -0.2) is 4.79 Å². The maximum absolute atomic E-state index is 13.2. The molecule has 2 aliphatic heterocycles. The van der Waals surface area contributed by atoms with Crippen molar-refractivity contribution in [3.05, 3.63) is 78.4 Å². The summed E-state index contributed by atoms with van der Waals surface area (Å²) in [4.78, 5) is 39.6. The first-order chi connectivity index (χ1) is 16.0. The van der Waals surface area contributed by atoms with Gasteiger partial charge in [0, 0.05) is 11.3 Å². The van der Waals surface area contributed by atoms with Crippen LogP contribution in [0.15, 0.2) is 72.8 Å². The molecule has 3 aromatic carbocycles. The number of nitrogens with zero attached hydrogens (tertiary/aromatic N) is 1. The summed E-state index contributed by atoms with van der Waals surface area (Å²) in [7, 11) is 0. The molecule has 0 aliphatic carbocycles. The largest absolute Gasteiger partial charge is 0.454 e. The first-order valence-electron chi connectivity index (χ1n) is 10.4. The van der Waals surface area contributed by atoms with Gasteiger partial charge >= 0.3 is 6.03 Å². The number of carbonyl (C=O) groups is 3. The minimum Gasteiger partial charge on any atom is -0.454 e. The molecule has 2 heterocycles. The lowest BCUT2D eigenvalue weighted by Crippen LogP contribution is -2.42. The summed E-state index contributed by atoms with van der Waals surface area (Å²) in [5, 5.41) is 5.53. The van der Waals surface area contributed by atoms with Crippen molar-refractivity contribution in [2.45, 2.75) is 12.5 Å². The minimum absolute atomic E-state index is 0.104. The van der Waals surface area contributed by atoms with Gasteiger partial charge in [0.05, 0.1) is 0 Å². The van der Waals surface area contributed by atoms with E-state index in [-0.39, 0.29) is 6.79 Å². The summed E-state index contributed by atoms with van der Waals surface area (Å²) in [5.41, 5.74) is 1.61. The zero-order valence-electron chi connectivity index (χ0n) is 17.8. The van der Waals surface area contributed by atoms with E-state index in [0.717, 1.165) is 16.0 Å². The van der Waals surface area contributed by atoms with Crippen molar-refractivity contribution in [2.75, 3.05) is 18.7 Å². The summed E-state index contributed by atoms with van der Waals surface area (Å²) in [6.45, 7) is 1.30. The van der Waals surface area contributed by atoms with Gasteiger partial charge in [-0.15, -0.1) is 0 Å². The van der Waals surface area contributed by atoms with Crippen LogP contribution in [0.1, 0.15) is 12.5 Å². The monoisotopic (exact) mass is 443 g/mol. The molecule has 1 unspecified atom stereocenters. The zero-order chi connectivity index (χ0) is 23.0. The molecule has 2 aliphatic rings. The second-order valence-corrected chi connectivity index (χ2v) is 7.97. The van der Waals surface area contributed by atoms with Crippen molar-refractivity contribution in [1.82, 2.24) is 10.2 Å². The number of carbonyl (C=O) groups excluding carboxylic acids is 3. The topological polar surface area (TPSA) is 97.0 Å². The number of para-hydroxylation sites is 1. The summed E-state index contributed by atoms with van der Waals surface area (Å²) in [6.07, 6.45) is 0. The maximum Gasteiger partial charge on any atom is 0.325 e. The average molecular weight is 443 g/mol. The van der Waals surface area contributed by atoms with E-state index in [1.807, 2.05) is 48.5 Å². The average Bonchev–Trinajstić information content (AvgIpc) is 3.38. The van der Waals surface area contributed by atoms with E-state index in [4.69, 9.17) is 9.47 Å². The van der Waals surface area contributed by atoms with Crippen molar-refractivity contribution >= 4 is 23.5 Å². The zero-order valence-corrected chi connectivity index (χ0v) is 17.8. The molecule has 166 valence electrons. The fourth-order valence-electron chi connectivity index (χ4n) is 4.04. The standard InChI is InChI=1S/C25H21N3O5/c1-25(17-11-12-20-21(13-17)33-15-32-20)23(30)28(24(31)27-25)14-22(29)26-19-10-6-5-9-18(19)16-7-3-2-4-8-16/h2-13H,14-15H2,1H3,(H,26,29)(H,27,31). The van der Waals surface area contributed by atoms with E-state index < -0.39 is 29.9 Å². The fourth-order valence-corrected chi connectivity index (χ4v) is 4.04. The third-order valence-electron chi connectivity index (χ3n) is 5.81.